The van der Waals surface area contributed by atoms with E-state index in [4.69, 9.17) is 10.5 Å². The lowest BCUT2D eigenvalue weighted by atomic mass is 9.88. The Balaban J connectivity index is 2.23. The molecule has 0 fully saturated rings. The third-order valence-corrected chi connectivity index (χ3v) is 3.38. The zero-order chi connectivity index (χ0) is 15.2. The summed E-state index contributed by atoms with van der Waals surface area (Å²) in [5.74, 6) is 0.828. The molecule has 0 bridgehead atoms. The van der Waals surface area contributed by atoms with E-state index in [1.165, 1.54) is 17.7 Å². The zero-order valence-corrected chi connectivity index (χ0v) is 12.6. The van der Waals surface area contributed by atoms with Gasteiger partial charge in [0.05, 0.1) is 6.10 Å². The third-order valence-electron chi connectivity index (χ3n) is 3.38. The van der Waals surface area contributed by atoms with Gasteiger partial charge in [0.2, 0.25) is 0 Å². The number of hydrogen-bond donors (Lipinski definition) is 1. The van der Waals surface area contributed by atoms with Crippen LogP contribution < -0.4 is 10.5 Å². The molecule has 0 spiro atoms. The summed E-state index contributed by atoms with van der Waals surface area (Å²) in [5.41, 5.74) is 7.98. The molecule has 0 aromatic heterocycles. The van der Waals surface area contributed by atoms with Crippen LogP contribution in [0.5, 0.6) is 5.75 Å². The van der Waals surface area contributed by atoms with Gasteiger partial charge < -0.3 is 10.5 Å². The summed E-state index contributed by atoms with van der Waals surface area (Å²) < 4.78 is 18.7. The Morgan fingerprint density at radius 3 is 1.95 bits per heavy atom. The Bertz CT molecular complexity index is 548. The van der Waals surface area contributed by atoms with Crippen LogP contribution in [0.2, 0.25) is 0 Å². The van der Waals surface area contributed by atoms with Crippen molar-refractivity contribution >= 4 is 0 Å². The van der Waals surface area contributed by atoms with Gasteiger partial charge in [-0.05, 0) is 62.2 Å². The molecule has 0 amide bonds. The van der Waals surface area contributed by atoms with Crippen molar-refractivity contribution < 1.29 is 9.13 Å². The number of benzene rings is 2. The van der Waals surface area contributed by atoms with Crippen LogP contribution >= 0.6 is 0 Å². The molecule has 0 aliphatic heterocycles. The number of nitrogens with two attached hydrogens (primary N) is 1. The zero-order valence-electron chi connectivity index (χ0n) is 12.6. The van der Waals surface area contributed by atoms with Crippen molar-refractivity contribution in [3.05, 3.63) is 65.5 Å². The monoisotopic (exact) mass is 287 g/mol. The summed E-state index contributed by atoms with van der Waals surface area (Å²) in [6.45, 7) is 4.60. The van der Waals surface area contributed by atoms with E-state index in [2.05, 4.69) is 12.1 Å². The number of rotatable bonds is 6. The van der Waals surface area contributed by atoms with Gasteiger partial charge in [0.25, 0.3) is 0 Å². The Kier molecular flexibility index (Phi) is 5.34. The lowest BCUT2D eigenvalue weighted by Crippen LogP contribution is -2.09. The predicted octanol–water partition coefficient (Wildman–Crippen LogP) is 4.09. The molecule has 0 aliphatic rings. The van der Waals surface area contributed by atoms with E-state index in [1.54, 1.807) is 0 Å². The minimum Gasteiger partial charge on any atom is -0.491 e. The molecule has 0 aliphatic carbocycles. The first-order valence-electron chi connectivity index (χ1n) is 7.32. The van der Waals surface area contributed by atoms with Crippen molar-refractivity contribution in [3.63, 3.8) is 0 Å². The van der Waals surface area contributed by atoms with E-state index in [0.717, 1.165) is 17.7 Å². The van der Waals surface area contributed by atoms with Crippen molar-refractivity contribution in [1.29, 1.82) is 0 Å². The van der Waals surface area contributed by atoms with E-state index in [9.17, 15) is 4.39 Å². The van der Waals surface area contributed by atoms with Crippen molar-refractivity contribution in [2.75, 3.05) is 6.54 Å². The van der Waals surface area contributed by atoms with Gasteiger partial charge in [-0.1, -0.05) is 24.3 Å². The van der Waals surface area contributed by atoms with E-state index < -0.39 is 0 Å². The molecule has 1 atom stereocenters. The van der Waals surface area contributed by atoms with Crippen LogP contribution in [0.3, 0.4) is 0 Å². The standard InChI is InChI=1S/C18H22FNO/c1-13(2)21-17-9-5-15(6-10-17)18(11-12-20)14-3-7-16(19)8-4-14/h3-10,13,18H,11-12,20H2,1-2H3. The molecule has 2 rings (SSSR count). The number of halogens is 1. The summed E-state index contributed by atoms with van der Waals surface area (Å²) in [7, 11) is 0. The van der Waals surface area contributed by atoms with Gasteiger partial charge in [-0.25, -0.2) is 4.39 Å². The molecule has 112 valence electrons. The quantitative estimate of drug-likeness (QED) is 0.868. The van der Waals surface area contributed by atoms with Crippen LogP contribution in [-0.2, 0) is 0 Å². The predicted molar refractivity (Wildman–Crippen MR) is 84.1 cm³/mol. The highest BCUT2D eigenvalue weighted by Crippen LogP contribution is 2.29. The summed E-state index contributed by atoms with van der Waals surface area (Å²) in [6.07, 6.45) is 0.989. The maximum absolute atomic E-state index is 13.1. The van der Waals surface area contributed by atoms with E-state index >= 15 is 0 Å². The van der Waals surface area contributed by atoms with E-state index in [0.29, 0.717) is 6.54 Å². The van der Waals surface area contributed by atoms with Crippen LogP contribution in [0.4, 0.5) is 4.39 Å². The normalized spacial score (nSPS) is 12.4. The fourth-order valence-corrected chi connectivity index (χ4v) is 2.44. The van der Waals surface area contributed by atoms with Gasteiger partial charge in [-0.15, -0.1) is 0 Å². The SMILES string of the molecule is CC(C)Oc1ccc(C(CCN)c2ccc(F)cc2)cc1. The minimum absolute atomic E-state index is 0.160. The Hall–Kier alpha value is -1.87. The van der Waals surface area contributed by atoms with Crippen molar-refractivity contribution in [1.82, 2.24) is 0 Å². The van der Waals surface area contributed by atoms with Crippen molar-refractivity contribution in [2.24, 2.45) is 5.73 Å². The summed E-state index contributed by atoms with van der Waals surface area (Å²) in [6, 6.07) is 14.7. The molecule has 0 radical (unpaired) electrons. The van der Waals surface area contributed by atoms with Gasteiger partial charge in [-0.3, -0.25) is 0 Å². The number of ether oxygens (including phenoxy) is 1. The Labute approximate surface area is 125 Å². The molecule has 2 aromatic rings. The van der Waals surface area contributed by atoms with Crippen molar-refractivity contribution in [2.45, 2.75) is 32.3 Å². The molecular weight excluding hydrogens is 265 g/mol. The van der Waals surface area contributed by atoms with Crippen LogP contribution in [-0.4, -0.2) is 12.6 Å². The molecular formula is C18H22FNO. The van der Waals surface area contributed by atoms with Crippen LogP contribution in [0.1, 0.15) is 37.3 Å². The molecule has 2 aromatic carbocycles. The second-order valence-electron chi connectivity index (χ2n) is 5.42. The first kappa shape index (κ1) is 15.5. The molecule has 2 nitrogen and oxygen atoms in total. The summed E-state index contributed by atoms with van der Waals surface area (Å²) >= 11 is 0. The topological polar surface area (TPSA) is 35.2 Å². The Morgan fingerprint density at radius 2 is 1.48 bits per heavy atom. The largest absolute Gasteiger partial charge is 0.491 e. The van der Waals surface area contributed by atoms with Gasteiger partial charge in [0.15, 0.2) is 0 Å². The smallest absolute Gasteiger partial charge is 0.123 e. The second-order valence-corrected chi connectivity index (χ2v) is 5.42. The van der Waals surface area contributed by atoms with Gasteiger partial charge in [0, 0.05) is 5.92 Å². The first-order valence-corrected chi connectivity index (χ1v) is 7.32. The molecule has 0 saturated carbocycles. The fourth-order valence-electron chi connectivity index (χ4n) is 2.44. The maximum Gasteiger partial charge on any atom is 0.123 e. The van der Waals surface area contributed by atoms with Gasteiger partial charge in [0.1, 0.15) is 11.6 Å². The van der Waals surface area contributed by atoms with Gasteiger partial charge in [-0.2, -0.15) is 0 Å². The van der Waals surface area contributed by atoms with Crippen molar-refractivity contribution in [3.8, 4) is 5.75 Å². The third kappa shape index (κ3) is 4.30. The lowest BCUT2D eigenvalue weighted by Gasteiger charge is -2.18. The second kappa shape index (κ2) is 7.23. The summed E-state index contributed by atoms with van der Waals surface area (Å²) in [4.78, 5) is 0. The van der Waals surface area contributed by atoms with E-state index in [1.807, 2.05) is 38.1 Å². The molecule has 3 heteroatoms. The molecule has 1 unspecified atom stereocenters. The highest BCUT2D eigenvalue weighted by molar-refractivity contribution is 5.36. The maximum atomic E-state index is 13.1. The molecule has 2 N–H and O–H groups in total. The van der Waals surface area contributed by atoms with E-state index in [-0.39, 0.29) is 17.8 Å². The van der Waals surface area contributed by atoms with Crippen LogP contribution in [0, 0.1) is 5.82 Å². The average molecular weight is 287 g/mol. The van der Waals surface area contributed by atoms with Crippen LogP contribution in [0.25, 0.3) is 0 Å². The summed E-state index contributed by atoms with van der Waals surface area (Å²) in [5, 5.41) is 0. The highest BCUT2D eigenvalue weighted by Gasteiger charge is 2.13. The first-order chi connectivity index (χ1) is 10.1. The molecule has 0 heterocycles. The molecule has 0 saturated heterocycles. The number of hydrogen-bond acceptors (Lipinski definition) is 2. The molecule has 21 heavy (non-hydrogen) atoms. The Morgan fingerprint density at radius 1 is 0.952 bits per heavy atom. The van der Waals surface area contributed by atoms with Crippen LogP contribution in [0.15, 0.2) is 48.5 Å². The lowest BCUT2D eigenvalue weighted by molar-refractivity contribution is 0.242. The van der Waals surface area contributed by atoms with Gasteiger partial charge >= 0.3 is 0 Å². The fraction of sp³-hybridized carbons (Fsp3) is 0.333. The highest BCUT2D eigenvalue weighted by atomic mass is 19.1. The average Bonchev–Trinajstić information content (AvgIpc) is 2.46. The minimum atomic E-state index is -0.217.